The summed E-state index contributed by atoms with van der Waals surface area (Å²) in [5, 5.41) is 7.08. The number of fused-ring (bicyclic) bond motifs is 1. The van der Waals surface area contributed by atoms with Gasteiger partial charge in [-0.3, -0.25) is 0 Å². The molecular weight excluding hydrogens is 508 g/mol. The predicted molar refractivity (Wildman–Crippen MR) is 174 cm³/mol. The number of amidine groups is 1. The molecule has 0 bridgehead atoms. The average molecular weight is 557 g/mol. The highest BCUT2D eigenvalue weighted by Crippen LogP contribution is 2.42. The molecule has 41 heavy (non-hydrogen) atoms. The molecule has 0 unspecified atom stereocenters. The molecule has 7 nitrogen and oxygen atoms in total. The van der Waals surface area contributed by atoms with Crippen molar-refractivity contribution >= 4 is 22.9 Å². The number of ether oxygens (including phenoxy) is 1. The van der Waals surface area contributed by atoms with Crippen molar-refractivity contribution in [1.82, 2.24) is 9.80 Å². The normalized spacial score (nSPS) is 19.8. The van der Waals surface area contributed by atoms with Gasteiger partial charge >= 0.3 is 0 Å². The summed E-state index contributed by atoms with van der Waals surface area (Å²) >= 11 is 0. The fourth-order valence-electron chi connectivity index (χ4n) is 6.54. The summed E-state index contributed by atoms with van der Waals surface area (Å²) in [4.78, 5) is 12.3. The molecule has 2 aromatic rings. The molecular formula is C34H48N6O. The molecule has 0 radical (unpaired) electrons. The molecule has 2 aromatic carbocycles. The lowest BCUT2D eigenvalue weighted by Crippen LogP contribution is -2.46. The van der Waals surface area contributed by atoms with Crippen molar-refractivity contribution in [1.29, 1.82) is 0 Å². The van der Waals surface area contributed by atoms with Gasteiger partial charge in [0, 0.05) is 32.1 Å². The van der Waals surface area contributed by atoms with E-state index in [-0.39, 0.29) is 0 Å². The fraction of sp³-hybridized carbons (Fsp3) is 0.500. The van der Waals surface area contributed by atoms with Crippen LogP contribution in [-0.2, 0) is 6.42 Å². The Hall–Kier alpha value is -3.29. The molecule has 0 aromatic heterocycles. The number of nitrogens with one attached hydrogen (secondary N) is 2. The van der Waals surface area contributed by atoms with Crippen LogP contribution >= 0.6 is 0 Å². The molecule has 3 heterocycles. The van der Waals surface area contributed by atoms with Crippen LogP contribution in [0.15, 0.2) is 65.4 Å². The first-order valence-corrected chi connectivity index (χ1v) is 15.2. The van der Waals surface area contributed by atoms with Crippen LogP contribution in [0.2, 0.25) is 0 Å². The number of hydrogen-bond acceptors (Lipinski definition) is 6. The number of benzene rings is 2. The molecule has 3 aliphatic rings. The predicted octanol–water partition coefficient (Wildman–Crippen LogP) is 6.32. The summed E-state index contributed by atoms with van der Waals surface area (Å²) in [6.07, 6.45) is 7.92. The maximum Gasteiger partial charge on any atom is 0.146 e. The summed E-state index contributed by atoms with van der Waals surface area (Å²) in [7, 11) is 6.34. The Morgan fingerprint density at radius 2 is 1.71 bits per heavy atom. The molecule has 2 saturated heterocycles. The van der Waals surface area contributed by atoms with Crippen LogP contribution in [-0.4, -0.2) is 75.6 Å². The van der Waals surface area contributed by atoms with Gasteiger partial charge in [-0.25, -0.2) is 4.99 Å². The number of rotatable bonds is 8. The Balaban J connectivity index is 1.29. The summed E-state index contributed by atoms with van der Waals surface area (Å²) in [6, 6.07) is 13.6. The van der Waals surface area contributed by atoms with Gasteiger partial charge in [0.2, 0.25) is 0 Å². The lowest BCUT2D eigenvalue weighted by atomic mass is 9.84. The molecule has 5 rings (SSSR count). The van der Waals surface area contributed by atoms with Gasteiger partial charge in [-0.05, 0) is 108 Å². The van der Waals surface area contributed by atoms with E-state index in [1.165, 1.54) is 63.0 Å². The Bertz CT molecular complexity index is 1280. The molecule has 0 spiro atoms. The minimum Gasteiger partial charge on any atom is -0.491 e. The fourth-order valence-corrected chi connectivity index (χ4v) is 6.54. The molecule has 220 valence electrons. The smallest absolute Gasteiger partial charge is 0.146 e. The van der Waals surface area contributed by atoms with E-state index < -0.39 is 0 Å². The first kappa shape index (κ1) is 29.2. The van der Waals surface area contributed by atoms with Gasteiger partial charge in [0.1, 0.15) is 17.4 Å². The maximum atomic E-state index is 6.22. The molecule has 0 atom stereocenters. The van der Waals surface area contributed by atoms with Crippen LogP contribution in [0.1, 0.15) is 56.6 Å². The molecule has 0 aliphatic carbocycles. The number of allylic oxidation sites excluding steroid dienone is 2. The summed E-state index contributed by atoms with van der Waals surface area (Å²) in [6.45, 7) is 13.6. The first-order valence-electron chi connectivity index (χ1n) is 15.2. The second-order valence-electron chi connectivity index (χ2n) is 12.0. The van der Waals surface area contributed by atoms with Gasteiger partial charge in [-0.1, -0.05) is 30.9 Å². The van der Waals surface area contributed by atoms with E-state index in [1.807, 2.05) is 46.2 Å². The molecule has 0 amide bonds. The Labute approximate surface area is 247 Å². The SMILES string of the molecule is C=C/C(C)=C(\N=C(/C)Nc1ccc(C2CCN(C3CCN(C)CC3)CC2)c2c1OCC2)Nc1ccccc1N(C)C. The quantitative estimate of drug-likeness (QED) is 0.225. The zero-order valence-corrected chi connectivity index (χ0v) is 25.7. The van der Waals surface area contributed by atoms with E-state index in [2.05, 4.69) is 63.2 Å². The Morgan fingerprint density at radius 1 is 0.976 bits per heavy atom. The number of aliphatic imine (C=N–C) groups is 1. The highest BCUT2D eigenvalue weighted by molar-refractivity contribution is 5.96. The number of piperidine rings is 2. The topological polar surface area (TPSA) is 55.4 Å². The van der Waals surface area contributed by atoms with E-state index in [0.717, 1.165) is 59.1 Å². The molecule has 0 saturated carbocycles. The summed E-state index contributed by atoms with van der Waals surface area (Å²) in [5.41, 5.74) is 6.95. The van der Waals surface area contributed by atoms with Crippen molar-refractivity contribution < 1.29 is 4.74 Å². The molecule has 2 N–H and O–H groups in total. The van der Waals surface area contributed by atoms with E-state index in [4.69, 9.17) is 9.73 Å². The molecule has 2 fully saturated rings. The molecule has 3 aliphatic heterocycles. The number of nitrogens with zero attached hydrogens (tertiary/aromatic N) is 4. The third-order valence-electron chi connectivity index (χ3n) is 8.98. The van der Waals surface area contributed by atoms with Gasteiger partial charge in [0.05, 0.1) is 23.7 Å². The van der Waals surface area contributed by atoms with Gasteiger partial charge in [0.15, 0.2) is 0 Å². The van der Waals surface area contributed by atoms with Crippen LogP contribution in [0.3, 0.4) is 0 Å². The standard InChI is InChI=1S/C34H48N6O/c1-7-24(2)34(37-30-10-8-9-11-32(30)38(4)5)36-25(3)35-31-13-12-28(29-18-23-41-33(29)31)26-14-21-40(22-15-26)27-16-19-39(6)20-17-27/h7-13,26-27,37H,1,14-23H2,2-6H3,(H,35,36)/b34-24+. The van der Waals surface area contributed by atoms with Gasteiger partial charge in [0.25, 0.3) is 0 Å². The zero-order valence-electron chi connectivity index (χ0n) is 25.7. The van der Waals surface area contributed by atoms with Crippen molar-refractivity contribution in [2.45, 2.75) is 57.9 Å². The summed E-state index contributed by atoms with van der Waals surface area (Å²) < 4.78 is 6.22. The van der Waals surface area contributed by atoms with Crippen molar-refractivity contribution in [3.63, 3.8) is 0 Å². The number of para-hydroxylation sites is 2. The second-order valence-corrected chi connectivity index (χ2v) is 12.0. The van der Waals surface area contributed by atoms with Crippen LogP contribution in [0.4, 0.5) is 17.1 Å². The van der Waals surface area contributed by atoms with E-state index in [0.29, 0.717) is 5.92 Å². The van der Waals surface area contributed by atoms with Crippen molar-refractivity contribution in [3.05, 3.63) is 71.6 Å². The third kappa shape index (κ3) is 6.79. The minimum absolute atomic E-state index is 0.613. The third-order valence-corrected chi connectivity index (χ3v) is 8.98. The lowest BCUT2D eigenvalue weighted by Gasteiger charge is -2.41. The lowest BCUT2D eigenvalue weighted by molar-refractivity contribution is 0.0965. The van der Waals surface area contributed by atoms with Crippen molar-refractivity contribution in [2.75, 3.05) is 69.5 Å². The second kappa shape index (κ2) is 13.1. The Kier molecular flexibility index (Phi) is 9.35. The van der Waals surface area contributed by atoms with Gasteiger partial charge in [-0.15, -0.1) is 0 Å². The number of anilines is 3. The highest BCUT2D eigenvalue weighted by Gasteiger charge is 2.31. The van der Waals surface area contributed by atoms with E-state index in [9.17, 15) is 0 Å². The minimum atomic E-state index is 0.613. The zero-order chi connectivity index (χ0) is 28.9. The van der Waals surface area contributed by atoms with Gasteiger partial charge in [-0.2, -0.15) is 0 Å². The highest BCUT2D eigenvalue weighted by atomic mass is 16.5. The van der Waals surface area contributed by atoms with E-state index >= 15 is 0 Å². The van der Waals surface area contributed by atoms with E-state index in [1.54, 1.807) is 0 Å². The van der Waals surface area contributed by atoms with Crippen molar-refractivity contribution in [2.24, 2.45) is 4.99 Å². The van der Waals surface area contributed by atoms with Crippen LogP contribution in [0, 0.1) is 0 Å². The number of likely N-dealkylation sites (tertiary alicyclic amines) is 2. The van der Waals surface area contributed by atoms with Crippen LogP contribution in [0.25, 0.3) is 0 Å². The van der Waals surface area contributed by atoms with Crippen LogP contribution < -0.4 is 20.3 Å². The van der Waals surface area contributed by atoms with Crippen LogP contribution in [0.5, 0.6) is 5.75 Å². The van der Waals surface area contributed by atoms with Gasteiger partial charge < -0.3 is 30.1 Å². The first-order chi connectivity index (χ1) is 19.8. The summed E-state index contributed by atoms with van der Waals surface area (Å²) in [5.74, 6) is 3.19. The molecule has 7 heteroatoms. The maximum absolute atomic E-state index is 6.22. The van der Waals surface area contributed by atoms with Crippen molar-refractivity contribution in [3.8, 4) is 5.75 Å². The average Bonchev–Trinajstić information content (AvgIpc) is 3.48. The Morgan fingerprint density at radius 3 is 2.41 bits per heavy atom. The largest absolute Gasteiger partial charge is 0.491 e. The number of hydrogen-bond donors (Lipinski definition) is 2. The monoisotopic (exact) mass is 556 g/mol.